The third-order valence-electron chi connectivity index (χ3n) is 9.67. The van der Waals surface area contributed by atoms with E-state index in [9.17, 15) is 0 Å². The smallest absolute Gasteiger partial charge is 0.0922 e. The van der Waals surface area contributed by atoms with Crippen molar-refractivity contribution in [1.82, 2.24) is 34.5 Å². The molecule has 0 bridgehead atoms. The van der Waals surface area contributed by atoms with Crippen LogP contribution >= 0.6 is 11.6 Å². The zero-order valence-electron chi connectivity index (χ0n) is 32.9. The minimum Gasteiger partial charge on any atom is -0.399 e. The van der Waals surface area contributed by atoms with Crippen molar-refractivity contribution in [3.05, 3.63) is 85.1 Å². The van der Waals surface area contributed by atoms with Gasteiger partial charge in [0, 0.05) is 236 Å². The summed E-state index contributed by atoms with van der Waals surface area (Å²) in [5.74, 6) is 0.514. The first kappa shape index (κ1) is 53.5. The maximum Gasteiger partial charge on any atom is 0.0922 e. The SMILES string of the molecule is ClCc1cnc[nH]1.Nc1ccc2ccn(Cc3cnc[nH]3)c2c1.OCc1cnc[nH]1.[B][B]B(B([B])[B])B(B(B([B])[B])B([B])[B])B(B(B([B])[B])B([B])[B])B(B([B])[B])B([B])[B]. The normalized spacial score (nSPS) is 9.80. The number of hydrogen-bond donors (Lipinski definition) is 5. The molecule has 5 aromatic rings. The number of fused-ring (bicyclic) bond motifs is 1. The number of nitrogen functional groups attached to an aromatic ring is 1. The van der Waals surface area contributed by atoms with Crippen LogP contribution in [0.15, 0.2) is 68.0 Å². The maximum atomic E-state index is 8.36. The van der Waals surface area contributed by atoms with Gasteiger partial charge in [0.1, 0.15) is 0 Å². The van der Waals surface area contributed by atoms with E-state index in [1.54, 1.807) is 25.0 Å². The fraction of sp³-hybridized carbons (Fsp3) is 0.150. The van der Waals surface area contributed by atoms with Crippen LogP contribution < -0.4 is 5.73 Å². The Morgan fingerprint density at radius 1 is 0.610 bits per heavy atom. The Bertz CT molecular complexity index is 1730. The average Bonchev–Trinajstić information content (AvgIpc) is 4.01. The molecule has 1 aromatic carbocycles. The van der Waals surface area contributed by atoms with Crippen LogP contribution in [-0.4, -0.2) is 246 Å². The second-order valence-electron chi connectivity index (χ2n) is 14.0. The van der Waals surface area contributed by atoms with Crippen LogP contribution in [0.5, 0.6) is 0 Å². The van der Waals surface area contributed by atoms with Gasteiger partial charge in [-0.1, -0.05) is 6.07 Å². The second-order valence-corrected chi connectivity index (χ2v) is 14.2. The lowest BCUT2D eigenvalue weighted by Gasteiger charge is -2.49. The summed E-state index contributed by atoms with van der Waals surface area (Å²) in [6.07, 6.45) is 0.141. The molecular formula is C20H23B29ClN8O. The van der Waals surface area contributed by atoms with Crippen LogP contribution in [0.2, 0.25) is 0 Å². The summed E-state index contributed by atoms with van der Waals surface area (Å²) in [6.45, 7) is 0.826. The van der Waals surface area contributed by atoms with Gasteiger partial charge in [0.15, 0.2) is 0 Å². The van der Waals surface area contributed by atoms with Gasteiger partial charge in [-0.05, 0) is 23.6 Å². The van der Waals surface area contributed by atoms with E-state index in [0.717, 1.165) is 34.8 Å². The van der Waals surface area contributed by atoms with Gasteiger partial charge in [-0.25, -0.2) is 15.0 Å². The number of aromatic amines is 3. The molecule has 0 aliphatic heterocycles. The molecule has 9 nitrogen and oxygen atoms in total. The second kappa shape index (κ2) is 27.4. The Morgan fingerprint density at radius 3 is 1.39 bits per heavy atom. The highest BCUT2D eigenvalue weighted by atomic mass is 35.5. The van der Waals surface area contributed by atoms with Crippen molar-refractivity contribution in [2.45, 2.75) is 19.0 Å². The van der Waals surface area contributed by atoms with Gasteiger partial charge in [0.05, 0.1) is 61.1 Å². The predicted octanol–water partition coefficient (Wildman–Crippen LogP) is -8.00. The van der Waals surface area contributed by atoms with Crippen molar-refractivity contribution in [2.75, 3.05) is 5.73 Å². The Kier molecular flexibility index (Phi) is 24.8. The number of halogens is 1. The summed E-state index contributed by atoms with van der Waals surface area (Å²) < 4.78 is 2.15. The van der Waals surface area contributed by atoms with Crippen molar-refractivity contribution in [2.24, 2.45) is 0 Å². The number of aliphatic hydroxyl groups excluding tert-OH is 1. The molecule has 0 unspecified atom stereocenters. The molecule has 0 saturated heterocycles. The van der Waals surface area contributed by atoms with Crippen LogP contribution in [0.1, 0.15) is 17.1 Å². The van der Waals surface area contributed by atoms with Crippen LogP contribution in [0, 0.1) is 0 Å². The lowest BCUT2D eigenvalue weighted by Crippen LogP contribution is -2.87. The third-order valence-corrected chi connectivity index (χ3v) is 9.96. The molecule has 0 aliphatic carbocycles. The summed E-state index contributed by atoms with van der Waals surface area (Å²) in [5, 5.41) is 9.56. The highest BCUT2D eigenvalue weighted by molar-refractivity contribution is 8.26. The van der Waals surface area contributed by atoms with E-state index in [1.165, 1.54) is 18.8 Å². The van der Waals surface area contributed by atoms with E-state index < -0.39 is 83.0 Å². The number of aromatic nitrogens is 7. The largest absolute Gasteiger partial charge is 0.399 e. The molecule has 6 N–H and O–H groups in total. The quantitative estimate of drug-likeness (QED) is 0.0367. The summed E-state index contributed by atoms with van der Waals surface area (Å²) >= 11 is 5.40. The van der Waals surface area contributed by atoms with Crippen LogP contribution in [0.25, 0.3) is 10.9 Å². The lowest BCUT2D eigenvalue weighted by atomic mass is 8.32. The van der Waals surface area contributed by atoms with Gasteiger partial charge >= 0.3 is 0 Å². The van der Waals surface area contributed by atoms with E-state index in [2.05, 4.69) is 46.7 Å². The zero-order valence-corrected chi connectivity index (χ0v) is 33.7. The molecule has 59 heavy (non-hydrogen) atoms. The minimum atomic E-state index is -1.03. The van der Waals surface area contributed by atoms with Gasteiger partial charge in [-0.3, -0.25) is 0 Å². The molecule has 0 aliphatic rings. The zero-order chi connectivity index (χ0) is 44.4. The first-order valence-electron chi connectivity index (χ1n) is 18.5. The molecule has 4 aromatic heterocycles. The maximum absolute atomic E-state index is 8.36. The molecule has 0 fully saturated rings. The van der Waals surface area contributed by atoms with E-state index in [0.29, 0.717) is 5.88 Å². The first-order valence-corrected chi connectivity index (χ1v) is 19.0. The monoisotopic (exact) mass is 745 g/mol. The third kappa shape index (κ3) is 16.8. The van der Waals surface area contributed by atoms with Crippen LogP contribution in [0.3, 0.4) is 0 Å². The number of aliphatic hydroxyl groups is 1. The molecule has 0 saturated carbocycles. The Labute approximate surface area is 381 Å². The lowest BCUT2D eigenvalue weighted by molar-refractivity contribution is 0.277. The number of nitrogens with one attached hydrogen (secondary N) is 3. The number of imidazole rings is 3. The summed E-state index contributed by atoms with van der Waals surface area (Å²) in [6, 6.07) is 8.04. The minimum absolute atomic E-state index is 0.0417. The van der Waals surface area contributed by atoms with Crippen molar-refractivity contribution >= 4 is 234 Å². The van der Waals surface area contributed by atoms with E-state index >= 15 is 0 Å². The number of nitrogens with two attached hydrogens (primary N) is 1. The van der Waals surface area contributed by atoms with Gasteiger partial charge in [-0.2, -0.15) is 0 Å². The van der Waals surface area contributed by atoms with Crippen molar-refractivity contribution in [3.63, 3.8) is 0 Å². The van der Waals surface area contributed by atoms with Crippen molar-refractivity contribution in [1.29, 1.82) is 0 Å². The molecule has 39 heteroatoms. The van der Waals surface area contributed by atoms with Gasteiger partial charge < -0.3 is 30.4 Å². The molecule has 4 heterocycles. The molecule has 243 valence electrons. The summed E-state index contributed by atoms with van der Waals surface area (Å²) in [7, 11) is 91.2. The number of benzene rings is 1. The Balaban J connectivity index is 0.000000324. The number of alkyl halides is 1. The number of hydrogen-bond acceptors (Lipinski definition) is 5. The van der Waals surface area contributed by atoms with Gasteiger partial charge in [0.25, 0.3) is 0 Å². The Hall–Kier alpha value is -1.68. The van der Waals surface area contributed by atoms with Crippen molar-refractivity contribution in [3.8, 4) is 0 Å². The van der Waals surface area contributed by atoms with E-state index in [-0.39, 0.29) is 6.61 Å². The standard InChI is InChI=1S/C12H12N4.C4H5ClN2.C4H6N2O.B29/c13-10-2-1-9-3-4-16(12(9)5-10)7-11-6-14-8-15-11;5-1-4-2-6-3-7-4;7-2-4-1-5-3-6-4;1-16-24(17(2)3)28(25(18(4)5)19(6)7)29(26(20(8)9)21(10)11)27(22(12)13)23(14)15/h1-6,8H,7,13H2,(H,14,15);2-3H,1H2,(H,6,7);1,3,7H,2H2,(H,5,6);. The topological polar surface area (TPSA) is 137 Å². The van der Waals surface area contributed by atoms with E-state index in [1.807, 2.05) is 24.4 Å². The molecule has 0 spiro atoms. The van der Waals surface area contributed by atoms with Gasteiger partial charge in [-0.15, -0.1) is 11.6 Å². The molecule has 31 radical (unpaired) electrons. The highest BCUT2D eigenvalue weighted by Gasteiger charge is 2.51. The van der Waals surface area contributed by atoms with E-state index in [4.69, 9.17) is 138 Å². The van der Waals surface area contributed by atoms with Crippen LogP contribution in [0.4, 0.5) is 5.69 Å². The number of H-pyrrole nitrogens is 3. The fourth-order valence-corrected chi connectivity index (χ4v) is 7.13. The fourth-order valence-electron chi connectivity index (χ4n) is 6.98. The molecular weight excluding hydrogens is 717 g/mol. The summed E-state index contributed by atoms with van der Waals surface area (Å²) in [5.41, 5.74) is 10.5. The molecule has 0 amide bonds. The number of rotatable bonds is 17. The van der Waals surface area contributed by atoms with Crippen molar-refractivity contribution < 1.29 is 5.11 Å². The average molecular weight is 740 g/mol. The number of nitrogens with zero attached hydrogens (tertiary/aromatic N) is 4. The first-order chi connectivity index (χ1) is 27.9. The van der Waals surface area contributed by atoms with Gasteiger partial charge in [0.2, 0.25) is 0 Å². The van der Waals surface area contributed by atoms with Crippen LogP contribution in [-0.2, 0) is 19.0 Å². The highest BCUT2D eigenvalue weighted by Crippen LogP contribution is 2.19. The molecule has 0 atom stereocenters. The summed E-state index contributed by atoms with van der Waals surface area (Å²) in [4.78, 5) is 20.1. The molecule has 5 rings (SSSR count). The Morgan fingerprint density at radius 2 is 1.05 bits per heavy atom. The number of anilines is 1. The predicted molar refractivity (Wildman–Crippen MR) is 284 cm³/mol.